The Morgan fingerprint density at radius 1 is 1.13 bits per heavy atom. The van der Waals surface area contributed by atoms with Crippen molar-refractivity contribution in [2.24, 2.45) is 0 Å². The summed E-state index contributed by atoms with van der Waals surface area (Å²) in [6.07, 6.45) is 0. The quantitative estimate of drug-likeness (QED) is 0.634. The molecule has 0 heterocycles. The molecule has 0 saturated heterocycles. The first-order chi connectivity index (χ1) is 10.9. The van der Waals surface area contributed by atoms with Crippen molar-refractivity contribution in [3.63, 3.8) is 0 Å². The fourth-order valence-electron chi connectivity index (χ4n) is 1.73. The average Bonchev–Trinajstić information content (AvgIpc) is 2.53. The molecule has 122 valence electrons. The van der Waals surface area contributed by atoms with E-state index in [1.165, 1.54) is 25.3 Å². The van der Waals surface area contributed by atoms with Crippen LogP contribution in [0.5, 0.6) is 11.5 Å². The monoisotopic (exact) mass is 355 g/mol. The molecule has 2 rings (SSSR count). The van der Waals surface area contributed by atoms with Gasteiger partial charge in [-0.25, -0.2) is 8.42 Å². The fourth-order valence-corrected chi connectivity index (χ4v) is 3.00. The van der Waals surface area contributed by atoms with Crippen LogP contribution in [0, 0.1) is 0 Å². The number of ether oxygens (including phenoxy) is 2. The number of nitrogens with one attached hydrogen (secondary N) is 1. The average molecular weight is 356 g/mol. The Morgan fingerprint density at radius 2 is 1.83 bits per heavy atom. The lowest BCUT2D eigenvalue weighted by atomic mass is 10.3. The first-order valence-electron chi connectivity index (χ1n) is 6.51. The maximum absolute atomic E-state index is 12.1. The Hall–Kier alpha value is -2.09. The Labute approximate surface area is 139 Å². The van der Waals surface area contributed by atoms with Gasteiger partial charge in [0.15, 0.2) is 11.5 Å². The third-order valence-electron chi connectivity index (χ3n) is 2.81. The summed E-state index contributed by atoms with van der Waals surface area (Å²) in [4.78, 5) is 11.8. The zero-order chi connectivity index (χ0) is 16.9. The Kier molecular flexibility index (Phi) is 5.59. The largest absolute Gasteiger partial charge is 0.493 e. The molecule has 0 spiro atoms. The molecule has 0 aromatic heterocycles. The number of hydrogen-bond acceptors (Lipinski definition) is 5. The van der Waals surface area contributed by atoms with Gasteiger partial charge in [-0.3, -0.25) is 4.79 Å². The Morgan fingerprint density at radius 3 is 2.48 bits per heavy atom. The van der Waals surface area contributed by atoms with Gasteiger partial charge >= 0.3 is 5.97 Å². The highest BCUT2D eigenvalue weighted by atomic mass is 35.5. The molecular weight excluding hydrogens is 342 g/mol. The van der Waals surface area contributed by atoms with Crippen LogP contribution in [-0.4, -0.2) is 28.0 Å². The van der Waals surface area contributed by atoms with Gasteiger partial charge in [-0.15, -0.1) is 0 Å². The molecule has 0 unspecified atom stereocenters. The standard InChI is InChI=1S/C15H14ClNO5S/c1-21-13-7-2-3-8-14(13)22-15(18)10-17-23(19,20)12-6-4-5-11(16)9-12/h2-9,17H,10H2,1H3. The predicted octanol–water partition coefficient (Wildman–Crippen LogP) is 2.23. The second kappa shape index (κ2) is 7.45. The molecule has 0 radical (unpaired) electrons. The highest BCUT2D eigenvalue weighted by Crippen LogP contribution is 2.25. The molecule has 23 heavy (non-hydrogen) atoms. The van der Waals surface area contributed by atoms with E-state index in [1.807, 2.05) is 0 Å². The second-order valence-electron chi connectivity index (χ2n) is 4.41. The van der Waals surface area contributed by atoms with E-state index in [2.05, 4.69) is 4.72 Å². The maximum atomic E-state index is 12.1. The van der Waals surface area contributed by atoms with Gasteiger partial charge < -0.3 is 9.47 Å². The van der Waals surface area contributed by atoms with Crippen molar-refractivity contribution >= 4 is 27.6 Å². The lowest BCUT2D eigenvalue weighted by Crippen LogP contribution is -2.32. The minimum Gasteiger partial charge on any atom is -0.493 e. The van der Waals surface area contributed by atoms with Crippen molar-refractivity contribution in [2.75, 3.05) is 13.7 Å². The topological polar surface area (TPSA) is 81.7 Å². The van der Waals surface area contributed by atoms with E-state index in [-0.39, 0.29) is 15.7 Å². The molecule has 0 bridgehead atoms. The summed E-state index contributed by atoms with van der Waals surface area (Å²) in [5.74, 6) is -0.180. The van der Waals surface area contributed by atoms with E-state index in [0.29, 0.717) is 5.75 Å². The van der Waals surface area contributed by atoms with Crippen LogP contribution in [0.25, 0.3) is 0 Å². The molecule has 0 amide bonds. The molecule has 2 aromatic carbocycles. The molecule has 2 aromatic rings. The number of carbonyl (C=O) groups is 1. The minimum absolute atomic E-state index is 0.0323. The van der Waals surface area contributed by atoms with E-state index >= 15 is 0 Å². The molecule has 0 aliphatic rings. The van der Waals surface area contributed by atoms with Crippen molar-refractivity contribution in [1.82, 2.24) is 4.72 Å². The van der Waals surface area contributed by atoms with E-state index < -0.39 is 22.5 Å². The third-order valence-corrected chi connectivity index (χ3v) is 4.44. The molecule has 0 fully saturated rings. The SMILES string of the molecule is COc1ccccc1OC(=O)CNS(=O)(=O)c1cccc(Cl)c1. The maximum Gasteiger partial charge on any atom is 0.326 e. The van der Waals surface area contributed by atoms with Crippen LogP contribution in [0.1, 0.15) is 0 Å². The highest BCUT2D eigenvalue weighted by molar-refractivity contribution is 7.89. The number of halogens is 1. The van der Waals surface area contributed by atoms with Crippen LogP contribution in [0.4, 0.5) is 0 Å². The summed E-state index contributed by atoms with van der Waals surface area (Å²) in [6, 6.07) is 12.3. The minimum atomic E-state index is -3.85. The number of rotatable bonds is 6. The van der Waals surface area contributed by atoms with E-state index in [9.17, 15) is 13.2 Å². The predicted molar refractivity (Wildman–Crippen MR) is 85.3 cm³/mol. The molecule has 0 aliphatic heterocycles. The van der Waals surface area contributed by atoms with Crippen molar-refractivity contribution in [2.45, 2.75) is 4.90 Å². The van der Waals surface area contributed by atoms with Crippen LogP contribution in [0.15, 0.2) is 53.4 Å². The van der Waals surface area contributed by atoms with Gasteiger partial charge in [0.2, 0.25) is 10.0 Å². The zero-order valence-corrected chi connectivity index (χ0v) is 13.7. The van der Waals surface area contributed by atoms with Gasteiger partial charge in [-0.05, 0) is 30.3 Å². The zero-order valence-electron chi connectivity index (χ0n) is 12.2. The van der Waals surface area contributed by atoms with Gasteiger partial charge in [0.05, 0.1) is 12.0 Å². The number of hydrogen-bond donors (Lipinski definition) is 1. The van der Waals surface area contributed by atoms with Crippen LogP contribution >= 0.6 is 11.6 Å². The van der Waals surface area contributed by atoms with E-state index in [0.717, 1.165) is 0 Å². The second-order valence-corrected chi connectivity index (χ2v) is 6.61. The molecule has 0 saturated carbocycles. The summed E-state index contributed by atoms with van der Waals surface area (Å²) in [5.41, 5.74) is 0. The lowest BCUT2D eigenvalue weighted by molar-refractivity contribution is -0.133. The van der Waals surface area contributed by atoms with E-state index in [1.54, 1.807) is 30.3 Å². The van der Waals surface area contributed by atoms with Crippen LogP contribution in [0.2, 0.25) is 5.02 Å². The van der Waals surface area contributed by atoms with Crippen molar-refractivity contribution in [1.29, 1.82) is 0 Å². The van der Waals surface area contributed by atoms with Gasteiger partial charge in [0.25, 0.3) is 0 Å². The summed E-state index contributed by atoms with van der Waals surface area (Å²) in [6.45, 7) is -0.521. The normalized spacial score (nSPS) is 11.0. The number of para-hydroxylation sites is 2. The van der Waals surface area contributed by atoms with Gasteiger partial charge in [-0.2, -0.15) is 4.72 Å². The van der Waals surface area contributed by atoms with Crippen LogP contribution in [-0.2, 0) is 14.8 Å². The first kappa shape index (κ1) is 17.3. The molecule has 0 atom stereocenters. The summed E-state index contributed by atoms with van der Waals surface area (Å²) >= 11 is 5.76. The van der Waals surface area contributed by atoms with Gasteiger partial charge in [-0.1, -0.05) is 29.8 Å². The first-order valence-corrected chi connectivity index (χ1v) is 8.37. The summed E-state index contributed by atoms with van der Waals surface area (Å²) in [7, 11) is -2.41. The Bertz CT molecular complexity index is 807. The third kappa shape index (κ3) is 4.69. The van der Waals surface area contributed by atoms with E-state index in [4.69, 9.17) is 21.1 Å². The number of benzene rings is 2. The number of methoxy groups -OCH3 is 1. The van der Waals surface area contributed by atoms with Gasteiger partial charge in [0, 0.05) is 5.02 Å². The summed E-state index contributed by atoms with van der Waals surface area (Å²) < 4.78 is 36.4. The molecule has 1 N–H and O–H groups in total. The number of sulfonamides is 1. The number of esters is 1. The van der Waals surface area contributed by atoms with Gasteiger partial charge in [0.1, 0.15) is 6.54 Å². The smallest absolute Gasteiger partial charge is 0.326 e. The molecule has 8 heteroatoms. The van der Waals surface area contributed by atoms with Crippen LogP contribution < -0.4 is 14.2 Å². The lowest BCUT2D eigenvalue weighted by Gasteiger charge is -2.10. The number of carbonyl (C=O) groups excluding carboxylic acids is 1. The fraction of sp³-hybridized carbons (Fsp3) is 0.133. The summed E-state index contributed by atoms with van der Waals surface area (Å²) in [5, 5.41) is 0.282. The molecule has 6 nitrogen and oxygen atoms in total. The molecule has 0 aliphatic carbocycles. The Balaban J connectivity index is 2.01. The van der Waals surface area contributed by atoms with Crippen molar-refractivity contribution in [3.05, 3.63) is 53.6 Å². The van der Waals surface area contributed by atoms with Crippen molar-refractivity contribution < 1.29 is 22.7 Å². The molecular formula is C15H14ClNO5S. The highest BCUT2D eigenvalue weighted by Gasteiger charge is 2.17. The van der Waals surface area contributed by atoms with Crippen molar-refractivity contribution in [3.8, 4) is 11.5 Å². The van der Waals surface area contributed by atoms with Crippen LogP contribution in [0.3, 0.4) is 0 Å².